The lowest BCUT2D eigenvalue weighted by Crippen LogP contribution is -2.35. The van der Waals surface area contributed by atoms with Crippen molar-refractivity contribution in [3.8, 4) is 5.88 Å². The Kier molecular flexibility index (Phi) is 6.50. The molecule has 1 aromatic carbocycles. The Morgan fingerprint density at radius 3 is 2.96 bits per heavy atom. The van der Waals surface area contributed by atoms with Crippen molar-refractivity contribution in [1.29, 1.82) is 0 Å². The number of carbonyl (C=O) groups is 1. The molecular formula is C20H25ClN4O2. The summed E-state index contributed by atoms with van der Waals surface area (Å²) in [5, 5.41) is 3.44. The highest BCUT2D eigenvalue weighted by atomic mass is 35.5. The zero-order chi connectivity index (χ0) is 19.2. The Bertz CT molecular complexity index is 799. The molecule has 0 bridgehead atoms. The zero-order valence-corrected chi connectivity index (χ0v) is 16.5. The van der Waals surface area contributed by atoms with E-state index in [9.17, 15) is 4.79 Å². The standard InChI is InChI=1S/C20H25ClN4O2/c1-14-6-5-9-25(12-14)20-23-15(2)10-19(24-20)27-13-18(26)22-11-16-7-3-4-8-17(16)21/h3-4,7-8,10,14H,5-6,9,11-13H2,1-2H3,(H,22,26)/t14-/m0/s1. The van der Waals surface area contributed by atoms with E-state index in [4.69, 9.17) is 16.3 Å². The van der Waals surface area contributed by atoms with E-state index in [0.717, 1.165) is 30.8 Å². The molecule has 0 saturated carbocycles. The summed E-state index contributed by atoms with van der Waals surface area (Å²) in [7, 11) is 0. The van der Waals surface area contributed by atoms with Gasteiger partial charge < -0.3 is 15.0 Å². The van der Waals surface area contributed by atoms with Crippen molar-refractivity contribution < 1.29 is 9.53 Å². The van der Waals surface area contributed by atoms with Gasteiger partial charge in [0.15, 0.2) is 6.61 Å². The number of halogens is 1. The molecule has 27 heavy (non-hydrogen) atoms. The number of hydrogen-bond donors (Lipinski definition) is 1. The minimum absolute atomic E-state index is 0.100. The molecule has 3 rings (SSSR count). The van der Waals surface area contributed by atoms with Crippen molar-refractivity contribution in [2.45, 2.75) is 33.2 Å². The number of piperidine rings is 1. The molecule has 1 fully saturated rings. The van der Waals surface area contributed by atoms with E-state index in [2.05, 4.69) is 27.1 Å². The summed E-state index contributed by atoms with van der Waals surface area (Å²) in [6.45, 7) is 6.30. The first-order chi connectivity index (χ1) is 13.0. The van der Waals surface area contributed by atoms with Crippen LogP contribution < -0.4 is 15.0 Å². The van der Waals surface area contributed by atoms with Crippen LogP contribution in [0, 0.1) is 12.8 Å². The Morgan fingerprint density at radius 2 is 2.19 bits per heavy atom. The van der Waals surface area contributed by atoms with Crippen LogP contribution in [0.2, 0.25) is 5.02 Å². The summed E-state index contributed by atoms with van der Waals surface area (Å²) in [5.74, 6) is 1.50. The summed E-state index contributed by atoms with van der Waals surface area (Å²) >= 11 is 6.10. The smallest absolute Gasteiger partial charge is 0.258 e. The van der Waals surface area contributed by atoms with Crippen molar-refractivity contribution >= 4 is 23.5 Å². The first-order valence-corrected chi connectivity index (χ1v) is 9.62. The van der Waals surface area contributed by atoms with E-state index in [1.165, 1.54) is 6.42 Å². The lowest BCUT2D eigenvalue weighted by Gasteiger charge is -2.31. The van der Waals surface area contributed by atoms with Gasteiger partial charge in [-0.2, -0.15) is 4.98 Å². The molecule has 6 nitrogen and oxygen atoms in total. The summed E-state index contributed by atoms with van der Waals surface area (Å²) in [5.41, 5.74) is 1.69. The van der Waals surface area contributed by atoms with Gasteiger partial charge in [0, 0.05) is 36.4 Å². The number of aryl methyl sites for hydroxylation is 1. The Labute approximate surface area is 164 Å². The van der Waals surface area contributed by atoms with Gasteiger partial charge in [0.2, 0.25) is 11.8 Å². The number of carbonyl (C=O) groups excluding carboxylic acids is 1. The average molecular weight is 389 g/mol. The van der Waals surface area contributed by atoms with Gasteiger partial charge in [0.1, 0.15) is 0 Å². The van der Waals surface area contributed by atoms with Gasteiger partial charge in [-0.15, -0.1) is 0 Å². The number of benzene rings is 1. The van der Waals surface area contributed by atoms with Crippen molar-refractivity contribution in [2.24, 2.45) is 5.92 Å². The van der Waals surface area contributed by atoms with Crippen molar-refractivity contribution in [3.63, 3.8) is 0 Å². The van der Waals surface area contributed by atoms with Crippen LogP contribution in [0.3, 0.4) is 0 Å². The van der Waals surface area contributed by atoms with Crippen LogP contribution in [0.15, 0.2) is 30.3 Å². The van der Waals surface area contributed by atoms with E-state index >= 15 is 0 Å². The molecule has 1 aliphatic heterocycles. The molecule has 144 valence electrons. The lowest BCUT2D eigenvalue weighted by atomic mass is 10.0. The maximum atomic E-state index is 12.1. The van der Waals surface area contributed by atoms with Crippen LogP contribution >= 0.6 is 11.6 Å². The van der Waals surface area contributed by atoms with Gasteiger partial charge in [-0.1, -0.05) is 36.7 Å². The van der Waals surface area contributed by atoms with Crippen LogP contribution in [-0.4, -0.2) is 35.6 Å². The third kappa shape index (κ3) is 5.57. The quantitative estimate of drug-likeness (QED) is 0.821. The molecule has 1 N–H and O–H groups in total. The van der Waals surface area contributed by atoms with Crippen molar-refractivity contribution in [2.75, 3.05) is 24.6 Å². The second kappa shape index (κ2) is 9.04. The Morgan fingerprint density at radius 1 is 1.37 bits per heavy atom. The predicted molar refractivity (Wildman–Crippen MR) is 106 cm³/mol. The molecule has 0 aliphatic carbocycles. The van der Waals surface area contributed by atoms with Gasteiger partial charge in [0.25, 0.3) is 5.91 Å². The second-order valence-electron chi connectivity index (χ2n) is 7.00. The molecule has 0 radical (unpaired) electrons. The molecule has 1 saturated heterocycles. The Hall–Kier alpha value is -2.34. The van der Waals surface area contributed by atoms with Crippen LogP contribution in [-0.2, 0) is 11.3 Å². The summed E-state index contributed by atoms with van der Waals surface area (Å²) < 4.78 is 5.60. The third-order valence-corrected chi connectivity index (χ3v) is 4.91. The number of nitrogens with one attached hydrogen (secondary N) is 1. The molecule has 2 heterocycles. The van der Waals surface area contributed by atoms with Gasteiger partial charge in [-0.3, -0.25) is 4.79 Å². The third-order valence-electron chi connectivity index (χ3n) is 4.54. The molecular weight excluding hydrogens is 364 g/mol. The number of amides is 1. The van der Waals surface area contributed by atoms with Crippen LogP contribution in [0.1, 0.15) is 31.0 Å². The fraction of sp³-hybridized carbons (Fsp3) is 0.450. The molecule has 0 unspecified atom stereocenters. The summed E-state index contributed by atoms with van der Waals surface area (Å²) in [4.78, 5) is 23.3. The van der Waals surface area contributed by atoms with Crippen LogP contribution in [0.4, 0.5) is 5.95 Å². The maximum Gasteiger partial charge on any atom is 0.258 e. The van der Waals surface area contributed by atoms with Gasteiger partial charge >= 0.3 is 0 Å². The number of hydrogen-bond acceptors (Lipinski definition) is 5. The fourth-order valence-corrected chi connectivity index (χ4v) is 3.34. The van der Waals surface area contributed by atoms with Crippen molar-refractivity contribution in [3.05, 3.63) is 46.6 Å². The minimum Gasteiger partial charge on any atom is -0.467 e. The van der Waals surface area contributed by atoms with Crippen LogP contribution in [0.25, 0.3) is 0 Å². The largest absolute Gasteiger partial charge is 0.467 e. The van der Waals surface area contributed by atoms with Crippen molar-refractivity contribution in [1.82, 2.24) is 15.3 Å². The molecule has 2 aromatic rings. The number of anilines is 1. The molecule has 1 amide bonds. The SMILES string of the molecule is Cc1cc(OCC(=O)NCc2ccccc2Cl)nc(N2CCC[C@H](C)C2)n1. The first-order valence-electron chi connectivity index (χ1n) is 9.25. The van der Waals surface area contributed by atoms with E-state index in [1.807, 2.05) is 25.1 Å². The number of rotatable bonds is 6. The molecule has 1 aromatic heterocycles. The molecule has 0 spiro atoms. The summed E-state index contributed by atoms with van der Waals surface area (Å²) in [6.07, 6.45) is 2.37. The zero-order valence-electron chi connectivity index (χ0n) is 15.7. The molecule has 1 aliphatic rings. The molecule has 1 atom stereocenters. The second-order valence-corrected chi connectivity index (χ2v) is 7.40. The highest BCUT2D eigenvalue weighted by Gasteiger charge is 2.19. The Balaban J connectivity index is 1.55. The minimum atomic E-state index is -0.223. The average Bonchev–Trinajstić information content (AvgIpc) is 2.65. The monoisotopic (exact) mass is 388 g/mol. The van der Waals surface area contributed by atoms with E-state index in [1.54, 1.807) is 12.1 Å². The van der Waals surface area contributed by atoms with Gasteiger partial charge in [-0.25, -0.2) is 4.98 Å². The molecule has 7 heteroatoms. The fourth-order valence-electron chi connectivity index (χ4n) is 3.14. The van der Waals surface area contributed by atoms with Crippen LogP contribution in [0.5, 0.6) is 5.88 Å². The number of aromatic nitrogens is 2. The maximum absolute atomic E-state index is 12.1. The number of nitrogens with zero attached hydrogens (tertiary/aromatic N) is 3. The highest BCUT2D eigenvalue weighted by Crippen LogP contribution is 2.22. The van der Waals surface area contributed by atoms with Gasteiger partial charge in [0.05, 0.1) is 0 Å². The number of ether oxygens (including phenoxy) is 1. The normalized spacial score (nSPS) is 16.9. The van der Waals surface area contributed by atoms with E-state index < -0.39 is 0 Å². The predicted octanol–water partition coefficient (Wildman–Crippen LogP) is 3.37. The first kappa shape index (κ1) is 19.4. The lowest BCUT2D eigenvalue weighted by molar-refractivity contribution is -0.123. The highest BCUT2D eigenvalue weighted by molar-refractivity contribution is 6.31. The summed E-state index contributed by atoms with van der Waals surface area (Å²) in [6, 6.07) is 9.17. The topological polar surface area (TPSA) is 67.3 Å². The van der Waals surface area contributed by atoms with E-state index in [0.29, 0.717) is 29.3 Å². The van der Waals surface area contributed by atoms with Gasteiger partial charge in [-0.05, 0) is 37.3 Å². The van der Waals surface area contributed by atoms with E-state index in [-0.39, 0.29) is 12.5 Å².